The zero-order valence-electron chi connectivity index (χ0n) is 15.8. The Kier molecular flexibility index (Phi) is 5.95. The fraction of sp³-hybridized carbons (Fsp3) is 0.0952. The Bertz CT molecular complexity index is 1150. The molecule has 0 bridgehead atoms. The molecule has 0 saturated carbocycles. The Morgan fingerprint density at radius 3 is 2.38 bits per heavy atom. The summed E-state index contributed by atoms with van der Waals surface area (Å²) in [5, 5.41) is 2.63. The van der Waals surface area contributed by atoms with Gasteiger partial charge in [-0.2, -0.15) is 0 Å². The van der Waals surface area contributed by atoms with Crippen LogP contribution in [0.4, 0.5) is 10.1 Å². The van der Waals surface area contributed by atoms with Crippen molar-refractivity contribution in [2.24, 2.45) is 0 Å². The van der Waals surface area contributed by atoms with E-state index in [1.165, 1.54) is 56.6 Å². The van der Waals surface area contributed by atoms with E-state index in [1.54, 1.807) is 30.3 Å². The minimum atomic E-state index is -3.52. The number of rotatable bonds is 6. The van der Waals surface area contributed by atoms with E-state index in [1.807, 2.05) is 0 Å². The Labute approximate surface area is 168 Å². The first-order valence-corrected chi connectivity index (χ1v) is 10.1. The number of halogens is 1. The maximum Gasteiger partial charge on any atom is 0.248 e. The quantitative estimate of drug-likeness (QED) is 0.619. The summed E-state index contributed by atoms with van der Waals surface area (Å²) in [7, 11) is -0.632. The highest BCUT2D eigenvalue weighted by atomic mass is 32.2. The van der Waals surface area contributed by atoms with Crippen molar-refractivity contribution in [1.29, 1.82) is 0 Å². The number of nitrogens with zero attached hydrogens (tertiary/aromatic N) is 1. The summed E-state index contributed by atoms with van der Waals surface area (Å²) in [6, 6.07) is 15.4. The largest absolute Gasteiger partial charge is 0.457 e. The van der Waals surface area contributed by atoms with Gasteiger partial charge in [0, 0.05) is 25.9 Å². The first-order valence-electron chi connectivity index (χ1n) is 8.64. The summed E-state index contributed by atoms with van der Waals surface area (Å²) in [6.07, 6.45) is 2.74. The molecular weight excluding hydrogens is 395 g/mol. The summed E-state index contributed by atoms with van der Waals surface area (Å²) in [6.45, 7) is 0. The van der Waals surface area contributed by atoms with Crippen LogP contribution in [-0.4, -0.2) is 32.7 Å². The van der Waals surface area contributed by atoms with Crippen molar-refractivity contribution in [3.63, 3.8) is 0 Å². The lowest BCUT2D eigenvalue weighted by atomic mass is 10.1. The highest BCUT2D eigenvalue weighted by Crippen LogP contribution is 2.25. The summed E-state index contributed by atoms with van der Waals surface area (Å²) in [4.78, 5) is 12.2. The van der Waals surface area contributed by atoms with Gasteiger partial charge < -0.3 is 9.73 Å². The predicted molar refractivity (Wildman–Crippen MR) is 109 cm³/mol. The van der Waals surface area contributed by atoms with E-state index in [4.69, 9.17) is 4.42 Å². The molecule has 1 heterocycles. The Morgan fingerprint density at radius 2 is 1.72 bits per heavy atom. The molecule has 0 unspecified atom stereocenters. The van der Waals surface area contributed by atoms with Crippen LogP contribution in [0.1, 0.15) is 5.76 Å². The lowest BCUT2D eigenvalue weighted by Crippen LogP contribution is -2.22. The summed E-state index contributed by atoms with van der Waals surface area (Å²) >= 11 is 0. The van der Waals surface area contributed by atoms with Gasteiger partial charge in [-0.25, -0.2) is 17.1 Å². The SMILES string of the molecule is CN(C)S(=O)(=O)c1ccc(NC(=O)/C=C/c2ccc(-c3ccccc3F)o2)cc1. The summed E-state index contributed by atoms with van der Waals surface area (Å²) in [5.41, 5.74) is 0.785. The Balaban J connectivity index is 1.66. The molecule has 8 heteroatoms. The van der Waals surface area contributed by atoms with Gasteiger partial charge in [0.05, 0.1) is 10.5 Å². The highest BCUT2D eigenvalue weighted by molar-refractivity contribution is 7.89. The molecular formula is C21H19FN2O4S. The molecule has 0 aliphatic rings. The van der Waals surface area contributed by atoms with Crippen LogP contribution in [0, 0.1) is 5.82 Å². The topological polar surface area (TPSA) is 79.6 Å². The normalized spacial score (nSPS) is 11.9. The van der Waals surface area contributed by atoms with Crippen molar-refractivity contribution in [3.8, 4) is 11.3 Å². The maximum atomic E-state index is 13.8. The van der Waals surface area contributed by atoms with Crippen LogP contribution in [0.3, 0.4) is 0 Å². The number of anilines is 1. The van der Waals surface area contributed by atoms with E-state index in [0.717, 1.165) is 4.31 Å². The van der Waals surface area contributed by atoms with Gasteiger partial charge in [0.25, 0.3) is 0 Å². The molecule has 6 nitrogen and oxygen atoms in total. The molecule has 29 heavy (non-hydrogen) atoms. The minimum absolute atomic E-state index is 0.132. The number of sulfonamides is 1. The summed E-state index contributed by atoms with van der Waals surface area (Å²) in [5.74, 6) is -0.0569. The lowest BCUT2D eigenvalue weighted by Gasteiger charge is -2.11. The first kappa shape index (κ1) is 20.5. The molecule has 0 saturated heterocycles. The Hall–Kier alpha value is -3.23. The molecule has 0 aliphatic carbocycles. The number of nitrogens with one attached hydrogen (secondary N) is 1. The molecule has 0 aliphatic heterocycles. The number of hydrogen-bond acceptors (Lipinski definition) is 4. The van der Waals surface area contributed by atoms with Crippen molar-refractivity contribution >= 4 is 27.7 Å². The van der Waals surface area contributed by atoms with Crippen molar-refractivity contribution in [2.45, 2.75) is 4.90 Å². The average Bonchev–Trinajstić information content (AvgIpc) is 3.16. The number of hydrogen-bond donors (Lipinski definition) is 1. The zero-order valence-corrected chi connectivity index (χ0v) is 16.6. The van der Waals surface area contributed by atoms with Crippen LogP contribution in [0.15, 0.2) is 76.1 Å². The first-order chi connectivity index (χ1) is 13.8. The number of benzene rings is 2. The second-order valence-corrected chi connectivity index (χ2v) is 8.47. The fourth-order valence-electron chi connectivity index (χ4n) is 2.51. The van der Waals surface area contributed by atoms with Gasteiger partial charge >= 0.3 is 0 Å². The van der Waals surface area contributed by atoms with Crippen LogP contribution in [0.5, 0.6) is 0 Å². The van der Waals surface area contributed by atoms with E-state index in [2.05, 4.69) is 5.32 Å². The van der Waals surface area contributed by atoms with Crippen LogP contribution < -0.4 is 5.32 Å². The molecule has 0 atom stereocenters. The van der Waals surface area contributed by atoms with Crippen LogP contribution in [0.25, 0.3) is 17.4 Å². The van der Waals surface area contributed by atoms with Crippen LogP contribution in [-0.2, 0) is 14.8 Å². The van der Waals surface area contributed by atoms with Crippen LogP contribution in [0.2, 0.25) is 0 Å². The maximum absolute atomic E-state index is 13.8. The van der Waals surface area contributed by atoms with Crippen molar-refractivity contribution in [1.82, 2.24) is 4.31 Å². The second kappa shape index (κ2) is 8.42. The molecule has 1 aromatic heterocycles. The van der Waals surface area contributed by atoms with Gasteiger partial charge in [0.15, 0.2) is 0 Å². The van der Waals surface area contributed by atoms with E-state index >= 15 is 0 Å². The van der Waals surface area contributed by atoms with Gasteiger partial charge in [-0.3, -0.25) is 4.79 Å². The number of furan rings is 1. The van der Waals surface area contributed by atoms with E-state index in [9.17, 15) is 17.6 Å². The second-order valence-electron chi connectivity index (χ2n) is 6.32. The molecule has 0 radical (unpaired) electrons. The predicted octanol–water partition coefficient (Wildman–Crippen LogP) is 3.99. The van der Waals surface area contributed by atoms with Crippen molar-refractivity contribution < 1.29 is 22.0 Å². The molecule has 2 aromatic carbocycles. The molecule has 0 spiro atoms. The molecule has 3 aromatic rings. The van der Waals surface area contributed by atoms with E-state index < -0.39 is 21.7 Å². The van der Waals surface area contributed by atoms with Crippen molar-refractivity contribution in [2.75, 3.05) is 19.4 Å². The average molecular weight is 414 g/mol. The standard InChI is InChI=1S/C21H19FN2O4S/c1-24(2)29(26,27)17-11-7-15(8-12-17)23-21(25)14-10-16-9-13-20(28-16)18-5-3-4-6-19(18)22/h3-14H,1-2H3,(H,23,25)/b14-10+. The van der Waals surface area contributed by atoms with E-state index in [-0.39, 0.29) is 4.90 Å². The summed E-state index contributed by atoms with van der Waals surface area (Å²) < 4.78 is 44.6. The molecule has 3 rings (SSSR count). The molecule has 1 N–H and O–H groups in total. The lowest BCUT2D eigenvalue weighted by molar-refractivity contribution is -0.111. The van der Waals surface area contributed by atoms with Gasteiger partial charge in [0.2, 0.25) is 15.9 Å². The van der Waals surface area contributed by atoms with Crippen molar-refractivity contribution in [3.05, 3.63) is 78.3 Å². The number of amides is 1. The number of carbonyl (C=O) groups is 1. The fourth-order valence-corrected chi connectivity index (χ4v) is 3.41. The van der Waals surface area contributed by atoms with Gasteiger partial charge in [0.1, 0.15) is 17.3 Å². The highest BCUT2D eigenvalue weighted by Gasteiger charge is 2.16. The molecule has 1 amide bonds. The molecule has 150 valence electrons. The zero-order chi connectivity index (χ0) is 21.0. The van der Waals surface area contributed by atoms with Crippen LogP contribution >= 0.6 is 0 Å². The monoisotopic (exact) mass is 414 g/mol. The van der Waals surface area contributed by atoms with Gasteiger partial charge in [-0.05, 0) is 54.6 Å². The molecule has 0 fully saturated rings. The number of carbonyl (C=O) groups excluding carboxylic acids is 1. The third-order valence-corrected chi connectivity index (χ3v) is 5.89. The van der Waals surface area contributed by atoms with E-state index in [0.29, 0.717) is 22.8 Å². The van der Waals surface area contributed by atoms with Gasteiger partial charge in [-0.15, -0.1) is 0 Å². The van der Waals surface area contributed by atoms with Gasteiger partial charge in [-0.1, -0.05) is 12.1 Å². The third kappa shape index (κ3) is 4.79. The smallest absolute Gasteiger partial charge is 0.248 e. The minimum Gasteiger partial charge on any atom is -0.457 e. The Morgan fingerprint density at radius 1 is 1.03 bits per heavy atom. The third-order valence-electron chi connectivity index (χ3n) is 4.07.